The number of alkyl halides is 1. The Hall–Kier alpha value is -0.990. The van der Waals surface area contributed by atoms with E-state index in [1.807, 2.05) is 18.2 Å². The fourth-order valence-electron chi connectivity index (χ4n) is 2.55. The number of rotatable bonds is 5. The van der Waals surface area contributed by atoms with Gasteiger partial charge in [-0.2, -0.15) is 0 Å². The lowest BCUT2D eigenvalue weighted by molar-refractivity contribution is 0.410. The Kier molecular flexibility index (Phi) is 5.72. The molecule has 0 saturated heterocycles. The largest absolute Gasteiger partial charge is 0.496 e. The number of hydrogen-bond acceptors (Lipinski definition) is 1. The maximum absolute atomic E-state index is 6.70. The van der Waals surface area contributed by atoms with Gasteiger partial charge >= 0.3 is 0 Å². The van der Waals surface area contributed by atoms with E-state index < -0.39 is 0 Å². The molecule has 0 saturated carbocycles. The number of ether oxygens (including phenoxy) is 1. The van der Waals surface area contributed by atoms with Crippen molar-refractivity contribution in [3.8, 4) is 5.75 Å². The molecule has 21 heavy (non-hydrogen) atoms. The Morgan fingerprint density at radius 1 is 1.05 bits per heavy atom. The number of benzene rings is 2. The van der Waals surface area contributed by atoms with Crippen LogP contribution in [-0.4, -0.2) is 7.11 Å². The minimum atomic E-state index is -0.204. The third kappa shape index (κ3) is 3.61. The summed E-state index contributed by atoms with van der Waals surface area (Å²) in [6.07, 6.45) is 2.08. The van der Waals surface area contributed by atoms with E-state index >= 15 is 0 Å². The summed E-state index contributed by atoms with van der Waals surface area (Å²) in [7, 11) is 1.67. The third-order valence-electron chi connectivity index (χ3n) is 3.75. The van der Waals surface area contributed by atoms with Gasteiger partial charge in [-0.05, 0) is 41.7 Å². The molecule has 0 N–H and O–H groups in total. The second-order valence-corrected chi connectivity index (χ2v) is 6.34. The van der Waals surface area contributed by atoms with Crippen LogP contribution >= 0.6 is 27.5 Å². The molecule has 2 aromatic carbocycles. The van der Waals surface area contributed by atoms with Gasteiger partial charge in [-0.15, -0.1) is 11.6 Å². The molecule has 2 aromatic rings. The summed E-state index contributed by atoms with van der Waals surface area (Å²) in [5.41, 5.74) is 4.88. The Labute approximate surface area is 140 Å². The summed E-state index contributed by atoms with van der Waals surface area (Å²) in [5, 5.41) is -0.204. The summed E-state index contributed by atoms with van der Waals surface area (Å²) in [4.78, 5) is 0. The molecule has 1 atom stereocenters. The molecule has 1 nitrogen and oxygen atoms in total. The van der Waals surface area contributed by atoms with Crippen molar-refractivity contribution in [1.82, 2.24) is 0 Å². The Bertz CT molecular complexity index is 625. The van der Waals surface area contributed by atoms with Crippen LogP contribution in [0.2, 0.25) is 0 Å². The first kappa shape index (κ1) is 16.4. The normalized spacial score (nSPS) is 12.2. The van der Waals surface area contributed by atoms with Gasteiger partial charge in [0.1, 0.15) is 5.75 Å². The van der Waals surface area contributed by atoms with Crippen molar-refractivity contribution in [2.45, 2.75) is 32.1 Å². The number of halogens is 2. The van der Waals surface area contributed by atoms with E-state index in [2.05, 4.69) is 48.0 Å². The van der Waals surface area contributed by atoms with Crippen LogP contribution in [0.1, 0.15) is 41.5 Å². The van der Waals surface area contributed by atoms with Gasteiger partial charge in [-0.25, -0.2) is 0 Å². The first-order valence-electron chi connectivity index (χ1n) is 7.19. The first-order valence-corrected chi connectivity index (χ1v) is 8.42. The van der Waals surface area contributed by atoms with Gasteiger partial charge in [0.15, 0.2) is 0 Å². The Morgan fingerprint density at radius 2 is 1.76 bits per heavy atom. The SMILES string of the molecule is CCc1ccc(C(Cl)c2ccc(Br)cc2OC)cc1CC. The zero-order valence-corrected chi connectivity index (χ0v) is 15.0. The molecule has 0 aromatic heterocycles. The molecule has 0 aliphatic heterocycles. The second-order valence-electron chi connectivity index (χ2n) is 4.98. The van der Waals surface area contributed by atoms with Crippen LogP contribution in [0.25, 0.3) is 0 Å². The van der Waals surface area contributed by atoms with Gasteiger partial charge in [-0.1, -0.05) is 54.0 Å². The molecule has 0 aliphatic rings. The molecule has 0 heterocycles. The van der Waals surface area contributed by atoms with Gasteiger partial charge in [0, 0.05) is 10.0 Å². The van der Waals surface area contributed by atoms with Gasteiger partial charge in [0.05, 0.1) is 12.5 Å². The van der Waals surface area contributed by atoms with Gasteiger partial charge < -0.3 is 4.74 Å². The van der Waals surface area contributed by atoms with Gasteiger partial charge in [0.25, 0.3) is 0 Å². The Morgan fingerprint density at radius 3 is 2.38 bits per heavy atom. The molecule has 112 valence electrons. The van der Waals surface area contributed by atoms with Crippen LogP contribution in [0, 0.1) is 0 Å². The third-order valence-corrected chi connectivity index (χ3v) is 4.73. The summed E-state index contributed by atoms with van der Waals surface area (Å²) in [6.45, 7) is 4.37. The summed E-state index contributed by atoms with van der Waals surface area (Å²) >= 11 is 10.2. The maximum atomic E-state index is 6.70. The lowest BCUT2D eigenvalue weighted by Gasteiger charge is -2.17. The minimum Gasteiger partial charge on any atom is -0.496 e. The smallest absolute Gasteiger partial charge is 0.125 e. The zero-order valence-electron chi connectivity index (χ0n) is 12.6. The van der Waals surface area contributed by atoms with Crippen LogP contribution in [0.5, 0.6) is 5.75 Å². The van der Waals surface area contributed by atoms with E-state index in [4.69, 9.17) is 16.3 Å². The molecule has 0 radical (unpaired) electrons. The van der Waals surface area contributed by atoms with Crippen molar-refractivity contribution >= 4 is 27.5 Å². The fraction of sp³-hybridized carbons (Fsp3) is 0.333. The first-order chi connectivity index (χ1) is 10.1. The van der Waals surface area contributed by atoms with Crippen molar-refractivity contribution in [2.24, 2.45) is 0 Å². The van der Waals surface area contributed by atoms with Gasteiger partial charge in [-0.3, -0.25) is 0 Å². The molecule has 1 unspecified atom stereocenters. The molecule has 2 rings (SSSR count). The molecule has 0 fully saturated rings. The van der Waals surface area contributed by atoms with Crippen molar-refractivity contribution in [2.75, 3.05) is 7.11 Å². The summed E-state index contributed by atoms with van der Waals surface area (Å²) in [5.74, 6) is 0.807. The van der Waals surface area contributed by atoms with Crippen LogP contribution < -0.4 is 4.74 Å². The molecular formula is C18H20BrClO. The standard InChI is InChI=1S/C18H20BrClO/c1-4-12-6-7-14(10-13(12)5-2)18(20)16-9-8-15(19)11-17(16)21-3/h6-11,18H,4-5H2,1-3H3. The molecular weight excluding hydrogens is 348 g/mol. The highest BCUT2D eigenvalue weighted by atomic mass is 79.9. The topological polar surface area (TPSA) is 9.23 Å². The summed E-state index contributed by atoms with van der Waals surface area (Å²) < 4.78 is 6.44. The zero-order chi connectivity index (χ0) is 15.4. The molecule has 0 aliphatic carbocycles. The van der Waals surface area contributed by atoms with E-state index in [0.29, 0.717) is 0 Å². The van der Waals surface area contributed by atoms with Crippen LogP contribution in [0.3, 0.4) is 0 Å². The lowest BCUT2D eigenvalue weighted by Crippen LogP contribution is -2.00. The predicted octanol–water partition coefficient (Wildman–Crippen LogP) is 5.91. The molecule has 3 heteroatoms. The second kappa shape index (κ2) is 7.33. The number of methoxy groups -OCH3 is 1. The van der Waals surface area contributed by atoms with Crippen LogP contribution in [0.15, 0.2) is 40.9 Å². The molecule has 0 spiro atoms. The van der Waals surface area contributed by atoms with E-state index in [1.54, 1.807) is 7.11 Å². The predicted molar refractivity (Wildman–Crippen MR) is 93.6 cm³/mol. The summed E-state index contributed by atoms with van der Waals surface area (Å²) in [6, 6.07) is 12.5. The van der Waals surface area contributed by atoms with Crippen molar-refractivity contribution in [1.29, 1.82) is 0 Å². The Balaban J connectivity index is 2.42. The average Bonchev–Trinajstić information content (AvgIpc) is 2.53. The number of hydrogen-bond donors (Lipinski definition) is 0. The average molecular weight is 368 g/mol. The van der Waals surface area contributed by atoms with Crippen molar-refractivity contribution < 1.29 is 4.74 Å². The highest BCUT2D eigenvalue weighted by Gasteiger charge is 2.17. The molecule has 0 amide bonds. The van der Waals surface area contributed by atoms with Gasteiger partial charge in [0.2, 0.25) is 0 Å². The highest BCUT2D eigenvalue weighted by molar-refractivity contribution is 9.10. The maximum Gasteiger partial charge on any atom is 0.125 e. The van der Waals surface area contributed by atoms with E-state index in [0.717, 1.165) is 34.2 Å². The number of aryl methyl sites for hydroxylation is 2. The monoisotopic (exact) mass is 366 g/mol. The minimum absolute atomic E-state index is 0.204. The highest BCUT2D eigenvalue weighted by Crippen LogP contribution is 2.37. The lowest BCUT2D eigenvalue weighted by atomic mass is 9.96. The van der Waals surface area contributed by atoms with E-state index in [-0.39, 0.29) is 5.38 Å². The van der Waals surface area contributed by atoms with E-state index in [1.165, 1.54) is 11.1 Å². The van der Waals surface area contributed by atoms with Crippen molar-refractivity contribution in [3.05, 3.63) is 63.1 Å². The van der Waals surface area contributed by atoms with Crippen LogP contribution in [0.4, 0.5) is 0 Å². The van der Waals surface area contributed by atoms with Crippen molar-refractivity contribution in [3.63, 3.8) is 0 Å². The fourth-order valence-corrected chi connectivity index (χ4v) is 3.21. The molecule has 0 bridgehead atoms. The van der Waals surface area contributed by atoms with Crippen LogP contribution in [-0.2, 0) is 12.8 Å². The quantitative estimate of drug-likeness (QED) is 0.597. The van der Waals surface area contributed by atoms with E-state index in [9.17, 15) is 0 Å².